The molecule has 0 aromatic heterocycles. The molecule has 0 saturated carbocycles. The summed E-state index contributed by atoms with van der Waals surface area (Å²) in [4.78, 5) is 2.03. The molecule has 4 nitrogen and oxygen atoms in total. The van der Waals surface area contributed by atoms with Gasteiger partial charge in [0.2, 0.25) is 0 Å². The van der Waals surface area contributed by atoms with E-state index in [4.69, 9.17) is 15.2 Å². The number of methoxy groups -OCH3 is 2. The Labute approximate surface area is 119 Å². The highest BCUT2D eigenvalue weighted by atomic mass is 16.5. The second-order valence-corrected chi connectivity index (χ2v) is 4.74. The smallest absolute Gasteiger partial charge is 0.128 e. The van der Waals surface area contributed by atoms with E-state index in [1.54, 1.807) is 14.2 Å². The van der Waals surface area contributed by atoms with Crippen molar-refractivity contribution in [3.63, 3.8) is 0 Å². The molecule has 2 aromatic carbocycles. The van der Waals surface area contributed by atoms with E-state index in [0.717, 1.165) is 28.3 Å². The van der Waals surface area contributed by atoms with E-state index < -0.39 is 0 Å². The molecular weight excluding hydrogens is 252 g/mol. The Morgan fingerprint density at radius 1 is 0.850 bits per heavy atom. The van der Waals surface area contributed by atoms with Gasteiger partial charge in [-0.25, -0.2) is 0 Å². The molecule has 2 aromatic rings. The predicted octanol–water partition coefficient (Wildman–Crippen LogP) is 3.02. The highest BCUT2D eigenvalue weighted by Crippen LogP contribution is 2.39. The molecule has 0 aliphatic heterocycles. The van der Waals surface area contributed by atoms with Crippen LogP contribution < -0.4 is 20.1 Å². The molecule has 2 rings (SSSR count). The molecule has 106 valence electrons. The van der Waals surface area contributed by atoms with Crippen LogP contribution in [0.2, 0.25) is 0 Å². The molecule has 0 fully saturated rings. The summed E-state index contributed by atoms with van der Waals surface area (Å²) >= 11 is 0. The number of nitrogen functional groups attached to an aromatic ring is 1. The predicted molar refractivity (Wildman–Crippen MR) is 83.7 cm³/mol. The van der Waals surface area contributed by atoms with Crippen molar-refractivity contribution >= 4 is 11.4 Å². The molecule has 0 saturated heterocycles. The lowest BCUT2D eigenvalue weighted by Gasteiger charge is -2.17. The van der Waals surface area contributed by atoms with Gasteiger partial charge in [-0.2, -0.15) is 0 Å². The summed E-state index contributed by atoms with van der Waals surface area (Å²) in [6, 6.07) is 11.7. The minimum absolute atomic E-state index is 0.675. The van der Waals surface area contributed by atoms with Crippen LogP contribution in [0.4, 0.5) is 11.4 Å². The van der Waals surface area contributed by atoms with Crippen LogP contribution in [0.5, 0.6) is 11.5 Å². The number of rotatable bonds is 4. The van der Waals surface area contributed by atoms with Gasteiger partial charge in [-0.15, -0.1) is 0 Å². The van der Waals surface area contributed by atoms with Gasteiger partial charge in [-0.05, 0) is 24.3 Å². The zero-order chi connectivity index (χ0) is 14.7. The van der Waals surface area contributed by atoms with E-state index in [1.807, 2.05) is 55.4 Å². The quantitative estimate of drug-likeness (QED) is 0.869. The average Bonchev–Trinajstić information content (AvgIpc) is 2.46. The van der Waals surface area contributed by atoms with E-state index >= 15 is 0 Å². The molecule has 20 heavy (non-hydrogen) atoms. The van der Waals surface area contributed by atoms with Gasteiger partial charge in [0.15, 0.2) is 0 Å². The topological polar surface area (TPSA) is 47.7 Å². The van der Waals surface area contributed by atoms with Crippen molar-refractivity contribution in [2.45, 2.75) is 0 Å². The maximum Gasteiger partial charge on any atom is 0.128 e. The Morgan fingerprint density at radius 2 is 1.40 bits per heavy atom. The SMILES string of the molecule is COc1cc(N)ccc1-c1ccc(N(C)C)cc1OC. The Bertz CT molecular complexity index is 609. The number of anilines is 2. The van der Waals surface area contributed by atoms with Gasteiger partial charge in [-0.1, -0.05) is 0 Å². The van der Waals surface area contributed by atoms with Crippen molar-refractivity contribution in [2.24, 2.45) is 0 Å². The minimum atomic E-state index is 0.675. The standard InChI is InChI=1S/C16H20N2O2/c1-18(2)12-6-8-14(16(10-12)20-4)13-7-5-11(17)9-15(13)19-3/h5-10H,17H2,1-4H3. The van der Waals surface area contributed by atoms with Crippen LogP contribution in [0.3, 0.4) is 0 Å². The van der Waals surface area contributed by atoms with Gasteiger partial charge in [0.05, 0.1) is 14.2 Å². The van der Waals surface area contributed by atoms with Gasteiger partial charge in [0, 0.05) is 48.7 Å². The maximum atomic E-state index is 5.80. The monoisotopic (exact) mass is 272 g/mol. The first-order chi connectivity index (χ1) is 9.56. The third kappa shape index (κ3) is 2.64. The van der Waals surface area contributed by atoms with Crippen molar-refractivity contribution < 1.29 is 9.47 Å². The summed E-state index contributed by atoms with van der Waals surface area (Å²) in [7, 11) is 7.30. The second kappa shape index (κ2) is 5.74. The van der Waals surface area contributed by atoms with Crippen LogP contribution in [0.15, 0.2) is 36.4 Å². The first kappa shape index (κ1) is 14.1. The van der Waals surface area contributed by atoms with Crippen LogP contribution >= 0.6 is 0 Å². The third-order valence-electron chi connectivity index (χ3n) is 3.22. The average molecular weight is 272 g/mol. The van der Waals surface area contributed by atoms with Crippen molar-refractivity contribution in [3.8, 4) is 22.6 Å². The normalized spacial score (nSPS) is 10.2. The summed E-state index contributed by atoms with van der Waals surface area (Å²) in [5, 5.41) is 0. The molecule has 0 amide bonds. The number of nitrogens with two attached hydrogens (primary N) is 1. The van der Waals surface area contributed by atoms with Crippen LogP contribution in [-0.2, 0) is 0 Å². The fourth-order valence-corrected chi connectivity index (χ4v) is 2.11. The molecule has 0 heterocycles. The Morgan fingerprint density at radius 3 is 1.95 bits per heavy atom. The summed E-state index contributed by atoms with van der Waals surface area (Å²) in [6.45, 7) is 0. The second-order valence-electron chi connectivity index (χ2n) is 4.74. The van der Waals surface area contributed by atoms with Crippen LogP contribution in [0.25, 0.3) is 11.1 Å². The van der Waals surface area contributed by atoms with Crippen molar-refractivity contribution in [3.05, 3.63) is 36.4 Å². The molecule has 2 N–H and O–H groups in total. The van der Waals surface area contributed by atoms with Crippen molar-refractivity contribution in [1.29, 1.82) is 0 Å². The molecule has 0 spiro atoms. The summed E-state index contributed by atoms with van der Waals surface area (Å²) in [6.07, 6.45) is 0. The third-order valence-corrected chi connectivity index (χ3v) is 3.22. The minimum Gasteiger partial charge on any atom is -0.496 e. The van der Waals surface area contributed by atoms with Gasteiger partial charge >= 0.3 is 0 Å². The van der Waals surface area contributed by atoms with Crippen molar-refractivity contribution in [2.75, 3.05) is 38.9 Å². The fourth-order valence-electron chi connectivity index (χ4n) is 2.11. The Balaban J connectivity index is 2.57. The van der Waals surface area contributed by atoms with Crippen LogP contribution in [-0.4, -0.2) is 28.3 Å². The molecule has 0 atom stereocenters. The van der Waals surface area contributed by atoms with Crippen LogP contribution in [0, 0.1) is 0 Å². The summed E-state index contributed by atoms with van der Waals surface area (Å²) in [5.41, 5.74) is 9.50. The Hall–Kier alpha value is -2.36. The first-order valence-corrected chi connectivity index (χ1v) is 6.36. The first-order valence-electron chi connectivity index (χ1n) is 6.36. The van der Waals surface area contributed by atoms with Gasteiger partial charge < -0.3 is 20.1 Å². The molecule has 4 heteroatoms. The van der Waals surface area contributed by atoms with Gasteiger partial charge in [0.1, 0.15) is 11.5 Å². The van der Waals surface area contributed by atoms with E-state index in [9.17, 15) is 0 Å². The zero-order valence-corrected chi connectivity index (χ0v) is 12.3. The molecule has 0 aliphatic rings. The Kier molecular flexibility index (Phi) is 4.03. The van der Waals surface area contributed by atoms with E-state index in [0.29, 0.717) is 5.69 Å². The number of hydrogen-bond donors (Lipinski definition) is 1. The molecule has 0 unspecified atom stereocenters. The number of benzene rings is 2. The number of hydrogen-bond acceptors (Lipinski definition) is 4. The molecule has 0 radical (unpaired) electrons. The lowest BCUT2D eigenvalue weighted by molar-refractivity contribution is 0.410. The molecule has 0 aliphatic carbocycles. The van der Waals surface area contributed by atoms with Crippen LogP contribution in [0.1, 0.15) is 0 Å². The van der Waals surface area contributed by atoms with Gasteiger partial charge in [-0.3, -0.25) is 0 Å². The lowest BCUT2D eigenvalue weighted by atomic mass is 10.0. The lowest BCUT2D eigenvalue weighted by Crippen LogP contribution is -2.08. The zero-order valence-electron chi connectivity index (χ0n) is 12.3. The van der Waals surface area contributed by atoms with E-state index in [-0.39, 0.29) is 0 Å². The molecular formula is C16H20N2O2. The highest BCUT2D eigenvalue weighted by molar-refractivity contribution is 5.79. The summed E-state index contributed by atoms with van der Waals surface area (Å²) in [5.74, 6) is 1.54. The van der Waals surface area contributed by atoms with E-state index in [2.05, 4.69) is 0 Å². The van der Waals surface area contributed by atoms with Crippen molar-refractivity contribution in [1.82, 2.24) is 0 Å². The summed E-state index contributed by atoms with van der Waals surface area (Å²) < 4.78 is 10.9. The number of nitrogens with zero attached hydrogens (tertiary/aromatic N) is 1. The van der Waals surface area contributed by atoms with Gasteiger partial charge in [0.25, 0.3) is 0 Å². The maximum absolute atomic E-state index is 5.80. The number of ether oxygens (including phenoxy) is 2. The van der Waals surface area contributed by atoms with E-state index in [1.165, 1.54) is 0 Å². The fraction of sp³-hybridized carbons (Fsp3) is 0.250. The molecule has 0 bridgehead atoms. The largest absolute Gasteiger partial charge is 0.496 e. The highest BCUT2D eigenvalue weighted by Gasteiger charge is 2.12.